The third-order valence-corrected chi connectivity index (χ3v) is 4.03. The van der Waals surface area contributed by atoms with Gasteiger partial charge in [0.25, 0.3) is 0 Å². The number of ether oxygens (including phenoxy) is 3. The second kappa shape index (κ2) is 7.34. The highest BCUT2D eigenvalue weighted by Gasteiger charge is 2.23. The lowest BCUT2D eigenvalue weighted by Gasteiger charge is -2.21. The molecule has 7 heteroatoms. The number of benzene rings is 1. The number of esters is 1. The Kier molecular flexibility index (Phi) is 5.09. The Bertz CT molecular complexity index is 1030. The molecule has 28 heavy (non-hydrogen) atoms. The summed E-state index contributed by atoms with van der Waals surface area (Å²) in [5.41, 5.74) is 1.42. The van der Waals surface area contributed by atoms with Crippen LogP contribution in [0.5, 0.6) is 5.75 Å². The van der Waals surface area contributed by atoms with Gasteiger partial charge < -0.3 is 14.2 Å². The summed E-state index contributed by atoms with van der Waals surface area (Å²) in [6.07, 6.45) is 0.903. The first-order chi connectivity index (χ1) is 13.2. The Balaban J connectivity index is 2.16. The van der Waals surface area contributed by atoms with Crippen molar-refractivity contribution in [2.24, 2.45) is 0 Å². The van der Waals surface area contributed by atoms with Crippen molar-refractivity contribution in [1.82, 2.24) is 9.55 Å². The van der Waals surface area contributed by atoms with Crippen molar-refractivity contribution in [3.63, 3.8) is 0 Å². The molecular formula is C21H22N2O5. The average Bonchev–Trinajstić information content (AvgIpc) is 3.04. The zero-order valence-electron chi connectivity index (χ0n) is 16.5. The number of rotatable bonds is 3. The van der Waals surface area contributed by atoms with E-state index in [2.05, 4.69) is 4.98 Å². The Hall–Kier alpha value is -3.35. The molecule has 0 unspecified atom stereocenters. The number of hydrogen-bond donors (Lipinski definition) is 0. The van der Waals surface area contributed by atoms with Crippen molar-refractivity contribution in [3.05, 3.63) is 48.2 Å². The van der Waals surface area contributed by atoms with Gasteiger partial charge in [-0.25, -0.2) is 14.2 Å². The minimum Gasteiger partial charge on any atom is -0.497 e. The van der Waals surface area contributed by atoms with Crippen LogP contribution in [-0.2, 0) is 9.47 Å². The Labute approximate surface area is 162 Å². The average molecular weight is 382 g/mol. The van der Waals surface area contributed by atoms with Crippen LogP contribution >= 0.6 is 0 Å². The summed E-state index contributed by atoms with van der Waals surface area (Å²) >= 11 is 0. The lowest BCUT2D eigenvalue weighted by Crippen LogP contribution is -2.27. The van der Waals surface area contributed by atoms with E-state index in [9.17, 15) is 9.59 Å². The fourth-order valence-electron chi connectivity index (χ4n) is 2.80. The minimum absolute atomic E-state index is 0.327. The fraction of sp³-hybridized carbons (Fsp3) is 0.286. The van der Waals surface area contributed by atoms with Crippen molar-refractivity contribution < 1.29 is 23.8 Å². The van der Waals surface area contributed by atoms with Gasteiger partial charge in [-0.05, 0) is 57.2 Å². The second-order valence-electron chi connectivity index (χ2n) is 7.19. The Morgan fingerprint density at radius 2 is 1.79 bits per heavy atom. The summed E-state index contributed by atoms with van der Waals surface area (Å²) in [4.78, 5) is 28.9. The molecule has 0 aliphatic heterocycles. The predicted molar refractivity (Wildman–Crippen MR) is 105 cm³/mol. The van der Waals surface area contributed by atoms with Crippen LogP contribution in [0.3, 0.4) is 0 Å². The number of pyridine rings is 1. The van der Waals surface area contributed by atoms with Gasteiger partial charge in [0.1, 0.15) is 11.4 Å². The van der Waals surface area contributed by atoms with E-state index < -0.39 is 17.7 Å². The first-order valence-electron chi connectivity index (χ1n) is 8.71. The summed E-state index contributed by atoms with van der Waals surface area (Å²) in [5, 5.41) is 0.805. The first-order valence-corrected chi connectivity index (χ1v) is 8.71. The van der Waals surface area contributed by atoms with Crippen LogP contribution in [-0.4, -0.2) is 41.4 Å². The topological polar surface area (TPSA) is 79.7 Å². The van der Waals surface area contributed by atoms with E-state index in [1.807, 2.05) is 32.9 Å². The lowest BCUT2D eigenvalue weighted by atomic mass is 10.2. The van der Waals surface area contributed by atoms with Crippen molar-refractivity contribution >= 4 is 23.0 Å². The van der Waals surface area contributed by atoms with Gasteiger partial charge in [0.2, 0.25) is 0 Å². The molecule has 0 aliphatic rings. The maximum Gasteiger partial charge on any atom is 0.419 e. The first kappa shape index (κ1) is 19.4. The summed E-state index contributed by atoms with van der Waals surface area (Å²) in [7, 11) is 2.89. The molecule has 146 valence electrons. The summed E-state index contributed by atoms with van der Waals surface area (Å²) in [6, 6.07) is 10.5. The molecule has 3 aromatic rings. The Morgan fingerprint density at radius 3 is 2.36 bits per heavy atom. The molecule has 0 bridgehead atoms. The molecule has 0 amide bonds. The lowest BCUT2D eigenvalue weighted by molar-refractivity contribution is 0.0545. The Morgan fingerprint density at radius 1 is 1.04 bits per heavy atom. The number of hydrogen-bond acceptors (Lipinski definition) is 6. The van der Waals surface area contributed by atoms with E-state index in [0.29, 0.717) is 28.2 Å². The standard InChI is InChI=1S/C21H22N2O5/c1-21(2,3)28-20(25)23-17-9-7-15(26-4)10-14(17)11-18(23)16-8-6-13(12-22-16)19(24)27-5/h6-12H,1-5H3. The fourth-order valence-corrected chi connectivity index (χ4v) is 2.80. The van der Waals surface area contributed by atoms with E-state index in [4.69, 9.17) is 14.2 Å². The van der Waals surface area contributed by atoms with Gasteiger partial charge in [0.15, 0.2) is 0 Å². The highest BCUT2D eigenvalue weighted by molar-refractivity contribution is 5.96. The molecule has 3 rings (SSSR count). The second-order valence-corrected chi connectivity index (χ2v) is 7.19. The molecular weight excluding hydrogens is 360 g/mol. The van der Waals surface area contributed by atoms with E-state index in [1.54, 1.807) is 31.4 Å². The molecule has 0 saturated heterocycles. The SMILES string of the molecule is COC(=O)c1ccc(-c2cc3cc(OC)ccc3n2C(=O)OC(C)(C)C)nc1. The predicted octanol–water partition coefficient (Wildman–Crippen LogP) is 4.28. The highest BCUT2D eigenvalue weighted by atomic mass is 16.6. The molecule has 0 N–H and O–H groups in total. The van der Waals surface area contributed by atoms with E-state index >= 15 is 0 Å². The van der Waals surface area contributed by atoms with Gasteiger partial charge in [-0.15, -0.1) is 0 Å². The van der Waals surface area contributed by atoms with Gasteiger partial charge in [0, 0.05) is 11.6 Å². The molecule has 0 radical (unpaired) electrons. The van der Waals surface area contributed by atoms with Crippen LogP contribution in [0, 0.1) is 0 Å². The smallest absolute Gasteiger partial charge is 0.419 e. The highest BCUT2D eigenvalue weighted by Crippen LogP contribution is 2.30. The number of carbonyl (C=O) groups is 2. The minimum atomic E-state index is -0.653. The number of fused-ring (bicyclic) bond motifs is 1. The molecule has 2 heterocycles. The van der Waals surface area contributed by atoms with Crippen LogP contribution in [0.15, 0.2) is 42.6 Å². The summed E-state index contributed by atoms with van der Waals surface area (Å²) < 4.78 is 17.0. The maximum atomic E-state index is 12.9. The van der Waals surface area contributed by atoms with Gasteiger partial charge in [-0.1, -0.05) is 0 Å². The van der Waals surface area contributed by atoms with E-state index in [0.717, 1.165) is 5.39 Å². The maximum absolute atomic E-state index is 12.9. The third-order valence-electron chi connectivity index (χ3n) is 4.03. The van der Waals surface area contributed by atoms with Crippen LogP contribution in [0.4, 0.5) is 4.79 Å². The van der Waals surface area contributed by atoms with Gasteiger partial charge in [0.05, 0.1) is 36.7 Å². The van der Waals surface area contributed by atoms with Gasteiger partial charge in [-0.2, -0.15) is 0 Å². The van der Waals surface area contributed by atoms with Gasteiger partial charge >= 0.3 is 12.1 Å². The largest absolute Gasteiger partial charge is 0.497 e. The molecule has 1 aromatic carbocycles. The normalized spacial score (nSPS) is 11.3. The number of carbonyl (C=O) groups excluding carboxylic acids is 2. The van der Waals surface area contributed by atoms with Crippen molar-refractivity contribution in [3.8, 4) is 17.1 Å². The summed E-state index contributed by atoms with van der Waals surface area (Å²) in [6.45, 7) is 5.42. The quantitative estimate of drug-likeness (QED) is 0.629. The molecule has 7 nitrogen and oxygen atoms in total. The summed E-state index contributed by atoms with van der Waals surface area (Å²) in [5.74, 6) is 0.200. The van der Waals surface area contributed by atoms with Gasteiger partial charge in [-0.3, -0.25) is 4.98 Å². The zero-order valence-corrected chi connectivity index (χ0v) is 16.5. The van der Waals surface area contributed by atoms with Crippen molar-refractivity contribution in [2.45, 2.75) is 26.4 Å². The number of nitrogens with zero attached hydrogens (tertiary/aromatic N) is 2. The van der Waals surface area contributed by atoms with Crippen LogP contribution in [0.25, 0.3) is 22.3 Å². The van der Waals surface area contributed by atoms with Crippen LogP contribution in [0.1, 0.15) is 31.1 Å². The van der Waals surface area contributed by atoms with Crippen molar-refractivity contribution in [2.75, 3.05) is 14.2 Å². The van der Waals surface area contributed by atoms with Crippen LogP contribution in [0.2, 0.25) is 0 Å². The molecule has 0 saturated carbocycles. The van der Waals surface area contributed by atoms with Crippen molar-refractivity contribution in [1.29, 1.82) is 0 Å². The molecule has 0 spiro atoms. The monoisotopic (exact) mass is 382 g/mol. The zero-order chi connectivity index (χ0) is 20.5. The van der Waals surface area contributed by atoms with Crippen LogP contribution < -0.4 is 4.74 Å². The molecule has 0 atom stereocenters. The molecule has 2 aromatic heterocycles. The third kappa shape index (κ3) is 3.83. The molecule has 0 aliphatic carbocycles. The number of aromatic nitrogens is 2. The van der Waals surface area contributed by atoms with E-state index in [1.165, 1.54) is 17.9 Å². The number of methoxy groups -OCH3 is 2. The van der Waals surface area contributed by atoms with E-state index in [-0.39, 0.29) is 0 Å². The molecule has 0 fully saturated rings.